The van der Waals surface area contributed by atoms with Gasteiger partial charge in [-0.25, -0.2) is 0 Å². The summed E-state index contributed by atoms with van der Waals surface area (Å²) in [6.07, 6.45) is 5.57. The van der Waals surface area contributed by atoms with Crippen molar-refractivity contribution in [2.24, 2.45) is 11.7 Å². The molecule has 1 fully saturated rings. The van der Waals surface area contributed by atoms with Crippen LogP contribution in [0.25, 0.3) is 11.0 Å². The highest BCUT2D eigenvalue weighted by molar-refractivity contribution is 6.04. The smallest absolute Gasteiger partial charge is 0.256 e. The van der Waals surface area contributed by atoms with E-state index in [0.717, 1.165) is 18.4 Å². The van der Waals surface area contributed by atoms with Gasteiger partial charge in [-0.1, -0.05) is 6.07 Å². The zero-order valence-corrected chi connectivity index (χ0v) is 11.5. The van der Waals surface area contributed by atoms with Crippen molar-refractivity contribution >= 4 is 16.9 Å². The summed E-state index contributed by atoms with van der Waals surface area (Å²) < 4.78 is 0. The number of hydrogen-bond donors (Lipinski definition) is 1. The van der Waals surface area contributed by atoms with Crippen LogP contribution < -0.4 is 5.73 Å². The van der Waals surface area contributed by atoms with E-state index in [9.17, 15) is 4.79 Å². The molecule has 0 saturated heterocycles. The Hall–Kier alpha value is -2.01. The van der Waals surface area contributed by atoms with Gasteiger partial charge in [0, 0.05) is 32.0 Å². The van der Waals surface area contributed by atoms with Crippen molar-refractivity contribution in [1.82, 2.24) is 14.9 Å². The number of hydrogen-bond acceptors (Lipinski definition) is 4. The van der Waals surface area contributed by atoms with Gasteiger partial charge in [-0.05, 0) is 30.9 Å². The van der Waals surface area contributed by atoms with Crippen LogP contribution in [0.3, 0.4) is 0 Å². The van der Waals surface area contributed by atoms with Crippen molar-refractivity contribution in [2.75, 3.05) is 13.6 Å². The highest BCUT2D eigenvalue weighted by Gasteiger charge is 2.35. The molecular formula is C15H18N4O. The zero-order chi connectivity index (χ0) is 14.1. The van der Waals surface area contributed by atoms with Crippen molar-refractivity contribution in [2.45, 2.75) is 18.9 Å². The lowest BCUT2D eigenvalue weighted by Gasteiger charge is -2.27. The fraction of sp³-hybridized carbons (Fsp3) is 0.400. The quantitative estimate of drug-likeness (QED) is 0.912. The second kappa shape index (κ2) is 5.17. The number of fused-ring (bicyclic) bond motifs is 1. The first kappa shape index (κ1) is 13.0. The van der Waals surface area contributed by atoms with E-state index in [-0.39, 0.29) is 11.9 Å². The van der Waals surface area contributed by atoms with Crippen LogP contribution in [0.15, 0.2) is 30.6 Å². The summed E-state index contributed by atoms with van der Waals surface area (Å²) in [5, 5.41) is 0. The van der Waals surface area contributed by atoms with Crippen LogP contribution in [0.4, 0.5) is 0 Å². The fourth-order valence-electron chi connectivity index (χ4n) is 2.65. The summed E-state index contributed by atoms with van der Waals surface area (Å²) in [7, 11) is 1.83. The number of nitrogens with two attached hydrogens (primary N) is 1. The molecule has 0 bridgehead atoms. The van der Waals surface area contributed by atoms with Gasteiger partial charge in [-0.3, -0.25) is 14.8 Å². The maximum absolute atomic E-state index is 12.7. The Bertz CT molecular complexity index is 633. The Morgan fingerprint density at radius 1 is 1.40 bits per heavy atom. The Morgan fingerprint density at radius 2 is 2.15 bits per heavy atom. The van der Waals surface area contributed by atoms with Crippen molar-refractivity contribution in [1.29, 1.82) is 0 Å². The van der Waals surface area contributed by atoms with Gasteiger partial charge in [-0.15, -0.1) is 0 Å². The molecule has 5 heteroatoms. The highest BCUT2D eigenvalue weighted by Crippen LogP contribution is 2.35. The molecule has 1 atom stereocenters. The fourth-order valence-corrected chi connectivity index (χ4v) is 2.65. The maximum atomic E-state index is 12.7. The van der Waals surface area contributed by atoms with Gasteiger partial charge in [-0.2, -0.15) is 0 Å². The van der Waals surface area contributed by atoms with Crippen molar-refractivity contribution < 1.29 is 4.79 Å². The molecule has 20 heavy (non-hydrogen) atoms. The van der Waals surface area contributed by atoms with Gasteiger partial charge in [0.2, 0.25) is 0 Å². The number of amides is 1. The van der Waals surface area contributed by atoms with Crippen LogP contribution in [0, 0.1) is 5.92 Å². The number of likely N-dealkylation sites (N-methyl/N-ethyl adjacent to an activating group) is 1. The van der Waals surface area contributed by atoms with Crippen molar-refractivity contribution in [3.8, 4) is 0 Å². The third-order valence-corrected chi connectivity index (χ3v) is 3.95. The first-order chi connectivity index (χ1) is 9.72. The molecule has 2 N–H and O–H groups in total. The van der Waals surface area contributed by atoms with E-state index < -0.39 is 0 Å². The van der Waals surface area contributed by atoms with Crippen molar-refractivity contribution in [3.63, 3.8) is 0 Å². The Labute approximate surface area is 117 Å². The summed E-state index contributed by atoms with van der Waals surface area (Å²) in [6.45, 7) is 0.503. The van der Waals surface area contributed by atoms with E-state index >= 15 is 0 Å². The van der Waals surface area contributed by atoms with E-state index in [1.165, 1.54) is 0 Å². The standard InChI is InChI=1S/C15H18N4O/c1-19(13(9-16)10-5-6-10)15(20)11-3-2-4-12-14(11)18-8-7-17-12/h2-4,7-8,10,13H,5-6,9,16H2,1H3. The summed E-state index contributed by atoms with van der Waals surface area (Å²) in [5.41, 5.74) is 7.81. The molecule has 1 unspecified atom stereocenters. The molecule has 1 amide bonds. The summed E-state index contributed by atoms with van der Waals surface area (Å²) in [6, 6.07) is 5.62. The number of para-hydroxylation sites is 1. The monoisotopic (exact) mass is 270 g/mol. The van der Waals surface area contributed by atoms with E-state index in [0.29, 0.717) is 23.5 Å². The number of nitrogens with zero attached hydrogens (tertiary/aromatic N) is 3. The lowest BCUT2D eigenvalue weighted by molar-refractivity contribution is 0.0720. The van der Waals surface area contributed by atoms with Crippen LogP contribution in [0.1, 0.15) is 23.2 Å². The predicted molar refractivity (Wildman–Crippen MR) is 77.2 cm³/mol. The molecule has 1 aliphatic rings. The van der Waals surface area contributed by atoms with Gasteiger partial charge in [0.25, 0.3) is 5.91 Å². The third kappa shape index (κ3) is 2.25. The molecule has 5 nitrogen and oxygen atoms in total. The molecular weight excluding hydrogens is 252 g/mol. The van der Waals surface area contributed by atoms with Gasteiger partial charge < -0.3 is 10.6 Å². The third-order valence-electron chi connectivity index (χ3n) is 3.95. The zero-order valence-electron chi connectivity index (χ0n) is 11.5. The minimum absolute atomic E-state index is 0.0292. The van der Waals surface area contributed by atoms with Crippen LogP contribution in [-0.4, -0.2) is 40.4 Å². The molecule has 3 rings (SSSR count). The number of carbonyl (C=O) groups excluding carboxylic acids is 1. The van der Waals surface area contributed by atoms with Crippen LogP contribution >= 0.6 is 0 Å². The highest BCUT2D eigenvalue weighted by atomic mass is 16.2. The molecule has 1 aromatic heterocycles. The Kier molecular flexibility index (Phi) is 3.36. The molecule has 1 aliphatic carbocycles. The lowest BCUT2D eigenvalue weighted by Crippen LogP contribution is -2.43. The second-order valence-electron chi connectivity index (χ2n) is 5.29. The minimum Gasteiger partial charge on any atom is -0.337 e. The van der Waals surface area contributed by atoms with Crippen LogP contribution in [0.2, 0.25) is 0 Å². The molecule has 2 aromatic rings. The first-order valence-electron chi connectivity index (χ1n) is 6.89. The first-order valence-corrected chi connectivity index (χ1v) is 6.89. The van der Waals surface area contributed by atoms with E-state index in [2.05, 4.69) is 9.97 Å². The van der Waals surface area contributed by atoms with Gasteiger partial charge in [0.05, 0.1) is 11.1 Å². The van der Waals surface area contributed by atoms with Crippen LogP contribution in [0.5, 0.6) is 0 Å². The van der Waals surface area contributed by atoms with E-state index in [1.54, 1.807) is 23.4 Å². The Morgan fingerprint density at radius 3 is 2.85 bits per heavy atom. The predicted octanol–water partition coefficient (Wildman–Crippen LogP) is 1.44. The number of carbonyl (C=O) groups is 1. The van der Waals surface area contributed by atoms with Gasteiger partial charge in [0.15, 0.2) is 0 Å². The molecule has 1 aromatic carbocycles. The molecule has 0 radical (unpaired) electrons. The molecule has 1 heterocycles. The van der Waals surface area contributed by atoms with E-state index in [4.69, 9.17) is 5.73 Å². The van der Waals surface area contributed by atoms with Gasteiger partial charge >= 0.3 is 0 Å². The van der Waals surface area contributed by atoms with Gasteiger partial charge in [0.1, 0.15) is 5.52 Å². The number of rotatable bonds is 4. The maximum Gasteiger partial charge on any atom is 0.256 e. The molecule has 0 aliphatic heterocycles. The Balaban J connectivity index is 1.95. The largest absolute Gasteiger partial charge is 0.337 e. The minimum atomic E-state index is -0.0292. The average Bonchev–Trinajstić information content (AvgIpc) is 3.31. The number of aromatic nitrogens is 2. The van der Waals surface area contributed by atoms with Crippen molar-refractivity contribution in [3.05, 3.63) is 36.2 Å². The molecule has 104 valence electrons. The topological polar surface area (TPSA) is 72.1 Å². The lowest BCUT2D eigenvalue weighted by atomic mass is 10.1. The number of benzene rings is 1. The molecule has 0 spiro atoms. The summed E-state index contributed by atoms with van der Waals surface area (Å²) in [5.74, 6) is 0.522. The second-order valence-corrected chi connectivity index (χ2v) is 5.29. The summed E-state index contributed by atoms with van der Waals surface area (Å²) in [4.78, 5) is 23.0. The average molecular weight is 270 g/mol. The SMILES string of the molecule is CN(C(=O)c1cccc2nccnc12)C(CN)C1CC1. The van der Waals surface area contributed by atoms with E-state index in [1.807, 2.05) is 19.2 Å². The normalized spacial score (nSPS) is 16.1. The summed E-state index contributed by atoms with van der Waals surface area (Å²) >= 11 is 0. The molecule has 1 saturated carbocycles. The van der Waals surface area contributed by atoms with Crippen LogP contribution in [-0.2, 0) is 0 Å².